The molecule has 6 rings (SSSR count). The number of rotatable bonds is 5. The summed E-state index contributed by atoms with van der Waals surface area (Å²) in [5.41, 5.74) is 1.51. The van der Waals surface area contributed by atoms with Crippen molar-refractivity contribution < 1.29 is 13.2 Å². The second-order valence-corrected chi connectivity index (χ2v) is 9.47. The van der Waals surface area contributed by atoms with Crippen molar-refractivity contribution in [2.75, 3.05) is 0 Å². The quantitative estimate of drug-likeness (QED) is 0.329. The number of pyridine rings is 2. The number of aromatic nitrogens is 6. The highest BCUT2D eigenvalue weighted by Crippen LogP contribution is 2.44. The van der Waals surface area contributed by atoms with E-state index in [0.29, 0.717) is 11.6 Å². The van der Waals surface area contributed by atoms with Gasteiger partial charge in [0.25, 0.3) is 0 Å². The third-order valence-electron chi connectivity index (χ3n) is 7.24. The Kier molecular flexibility index (Phi) is 5.47. The number of halogens is 3. The van der Waals surface area contributed by atoms with Crippen LogP contribution in [0.25, 0.3) is 22.3 Å². The van der Waals surface area contributed by atoms with Crippen LogP contribution < -0.4 is 5.69 Å². The fraction of sp³-hybridized carbons (Fsp3) is 0.259. The lowest BCUT2D eigenvalue weighted by atomic mass is 9.72. The number of benzene rings is 1. The van der Waals surface area contributed by atoms with E-state index in [0.717, 1.165) is 52.2 Å². The van der Waals surface area contributed by atoms with Crippen LogP contribution in [0.5, 0.6) is 0 Å². The molecule has 0 amide bonds. The smallest absolute Gasteiger partial charge is 0.320 e. The van der Waals surface area contributed by atoms with E-state index in [1.807, 2.05) is 35.9 Å². The summed E-state index contributed by atoms with van der Waals surface area (Å²) in [6.07, 6.45) is 6.27. The summed E-state index contributed by atoms with van der Waals surface area (Å²) < 4.78 is 45.3. The van der Waals surface area contributed by atoms with Crippen molar-refractivity contribution in [1.29, 1.82) is 0 Å². The van der Waals surface area contributed by atoms with Crippen LogP contribution in [0.4, 0.5) is 13.2 Å². The van der Waals surface area contributed by atoms with E-state index in [-0.39, 0.29) is 11.4 Å². The van der Waals surface area contributed by atoms with Crippen molar-refractivity contribution >= 4 is 5.52 Å². The molecule has 1 aliphatic rings. The maximum atomic E-state index is 13.7. The first kappa shape index (κ1) is 23.2. The summed E-state index contributed by atoms with van der Waals surface area (Å²) in [6.45, 7) is 0. The average molecular weight is 505 g/mol. The Balaban J connectivity index is 1.59. The molecular formula is C27H23F3N6O. The Hall–Kier alpha value is -4.21. The summed E-state index contributed by atoms with van der Waals surface area (Å²) in [5.74, 6) is 1.10. The molecule has 1 atom stereocenters. The van der Waals surface area contributed by atoms with Crippen LogP contribution in [-0.2, 0) is 13.2 Å². The zero-order valence-corrected chi connectivity index (χ0v) is 19.9. The molecule has 1 aromatic carbocycles. The normalized spacial score (nSPS) is 15.1. The third-order valence-corrected chi connectivity index (χ3v) is 7.24. The fourth-order valence-corrected chi connectivity index (χ4v) is 5.18. The molecule has 4 aromatic heterocycles. The van der Waals surface area contributed by atoms with Crippen LogP contribution in [-0.4, -0.2) is 28.7 Å². The average Bonchev–Trinajstić information content (AvgIpc) is 3.43. The monoisotopic (exact) mass is 504 g/mol. The minimum Gasteiger partial charge on any atom is -0.320 e. The molecule has 5 aromatic rings. The molecular weight excluding hydrogens is 481 g/mol. The molecule has 0 radical (unpaired) electrons. The number of hydrogen-bond donors (Lipinski definition) is 0. The molecule has 0 spiro atoms. The Bertz CT molecular complexity index is 1650. The Morgan fingerprint density at radius 3 is 2.49 bits per heavy atom. The van der Waals surface area contributed by atoms with Crippen molar-refractivity contribution in [3.8, 4) is 16.8 Å². The summed E-state index contributed by atoms with van der Waals surface area (Å²) in [5, 5.41) is 8.48. The molecule has 188 valence electrons. The number of imidazole rings is 1. The molecule has 4 heterocycles. The third kappa shape index (κ3) is 4.02. The van der Waals surface area contributed by atoms with Gasteiger partial charge in [-0.15, -0.1) is 10.2 Å². The van der Waals surface area contributed by atoms with Gasteiger partial charge in [0.05, 0.1) is 16.8 Å². The van der Waals surface area contributed by atoms with E-state index in [4.69, 9.17) is 0 Å². The van der Waals surface area contributed by atoms with Crippen LogP contribution in [0, 0.1) is 5.92 Å². The van der Waals surface area contributed by atoms with Crippen LogP contribution >= 0.6 is 0 Å². The molecule has 1 fully saturated rings. The predicted octanol–water partition coefficient (Wildman–Crippen LogP) is 5.23. The molecule has 1 aliphatic carbocycles. The minimum atomic E-state index is -4.59. The summed E-state index contributed by atoms with van der Waals surface area (Å²) in [6, 6.07) is 11.7. The zero-order valence-electron chi connectivity index (χ0n) is 19.9. The van der Waals surface area contributed by atoms with E-state index in [1.54, 1.807) is 18.7 Å². The van der Waals surface area contributed by atoms with Gasteiger partial charge in [0.2, 0.25) is 0 Å². The van der Waals surface area contributed by atoms with Crippen LogP contribution in [0.3, 0.4) is 0 Å². The molecule has 0 N–H and O–H groups in total. The van der Waals surface area contributed by atoms with E-state index >= 15 is 0 Å². The highest BCUT2D eigenvalue weighted by Gasteiger charge is 2.35. The van der Waals surface area contributed by atoms with Gasteiger partial charge >= 0.3 is 11.9 Å². The predicted molar refractivity (Wildman–Crippen MR) is 131 cm³/mol. The molecule has 7 nitrogen and oxygen atoms in total. The molecule has 37 heavy (non-hydrogen) atoms. The van der Waals surface area contributed by atoms with Gasteiger partial charge in [-0.25, -0.2) is 4.79 Å². The van der Waals surface area contributed by atoms with Gasteiger partial charge in [0.1, 0.15) is 12.2 Å². The lowest BCUT2D eigenvalue weighted by molar-refractivity contribution is -0.136. The van der Waals surface area contributed by atoms with Crippen molar-refractivity contribution in [1.82, 2.24) is 28.7 Å². The number of aryl methyl sites for hydroxylation is 1. The van der Waals surface area contributed by atoms with Crippen LogP contribution in [0.1, 0.15) is 42.1 Å². The first-order valence-corrected chi connectivity index (χ1v) is 12.0. The maximum Gasteiger partial charge on any atom is 0.418 e. The van der Waals surface area contributed by atoms with E-state index < -0.39 is 17.4 Å². The van der Waals surface area contributed by atoms with Gasteiger partial charge in [-0.05, 0) is 71.8 Å². The molecule has 0 saturated heterocycles. The number of nitrogens with zero attached hydrogens (tertiary/aromatic N) is 6. The van der Waals surface area contributed by atoms with Crippen molar-refractivity contribution in [2.45, 2.75) is 31.4 Å². The molecule has 0 bridgehead atoms. The van der Waals surface area contributed by atoms with E-state index in [2.05, 4.69) is 21.2 Å². The van der Waals surface area contributed by atoms with Gasteiger partial charge in [0, 0.05) is 37.8 Å². The topological polar surface area (TPSA) is 70.0 Å². The molecule has 1 saturated carbocycles. The van der Waals surface area contributed by atoms with Crippen LogP contribution in [0.2, 0.25) is 0 Å². The number of hydrogen-bond acceptors (Lipinski definition) is 4. The highest BCUT2D eigenvalue weighted by molar-refractivity contribution is 5.68. The molecule has 0 aliphatic heterocycles. The van der Waals surface area contributed by atoms with Gasteiger partial charge in [-0.3, -0.25) is 14.0 Å². The molecule has 0 unspecified atom stereocenters. The van der Waals surface area contributed by atoms with Gasteiger partial charge in [-0.2, -0.15) is 13.2 Å². The first-order valence-electron chi connectivity index (χ1n) is 12.0. The van der Waals surface area contributed by atoms with Crippen molar-refractivity contribution in [2.24, 2.45) is 13.0 Å². The first-order chi connectivity index (χ1) is 17.8. The Morgan fingerprint density at radius 1 is 1.05 bits per heavy atom. The van der Waals surface area contributed by atoms with Gasteiger partial charge < -0.3 is 4.57 Å². The van der Waals surface area contributed by atoms with E-state index in [9.17, 15) is 18.0 Å². The van der Waals surface area contributed by atoms with Crippen molar-refractivity contribution in [3.63, 3.8) is 0 Å². The van der Waals surface area contributed by atoms with E-state index in [1.165, 1.54) is 23.0 Å². The molecule has 10 heteroatoms. The van der Waals surface area contributed by atoms with Gasteiger partial charge in [0.15, 0.2) is 0 Å². The van der Waals surface area contributed by atoms with Crippen molar-refractivity contribution in [3.05, 3.63) is 101 Å². The summed E-state index contributed by atoms with van der Waals surface area (Å²) >= 11 is 0. The highest BCUT2D eigenvalue weighted by atomic mass is 19.4. The summed E-state index contributed by atoms with van der Waals surface area (Å²) in [4.78, 5) is 17.4. The Labute approximate surface area is 209 Å². The largest absolute Gasteiger partial charge is 0.418 e. The number of alkyl halides is 3. The lowest BCUT2D eigenvalue weighted by Crippen LogP contribution is -2.24. The fourth-order valence-electron chi connectivity index (χ4n) is 5.18. The second-order valence-electron chi connectivity index (χ2n) is 9.47. The SMILES string of the molecule is Cn1cnnc1[C@H](c1cc(-c2ccncc2)cc(-n2cc3c(C(F)(F)F)cccn3c2=O)c1)C1CCC1. The van der Waals surface area contributed by atoms with Crippen LogP contribution in [0.15, 0.2) is 78.4 Å². The minimum absolute atomic E-state index is 0.0692. The summed E-state index contributed by atoms with van der Waals surface area (Å²) in [7, 11) is 1.90. The lowest BCUT2D eigenvalue weighted by Gasteiger charge is -2.34. The second kappa shape index (κ2) is 8.72. The zero-order chi connectivity index (χ0) is 25.7. The number of fused-ring (bicyclic) bond motifs is 1. The Morgan fingerprint density at radius 2 is 1.84 bits per heavy atom. The maximum absolute atomic E-state index is 13.7. The van der Waals surface area contributed by atoms with Gasteiger partial charge in [-0.1, -0.05) is 12.5 Å². The standard InChI is InChI=1S/C27H23F3N6O/c1-34-16-32-33-25(34)24(18-4-2-5-18)20-12-19(17-7-9-31-10-8-17)13-21(14-20)36-15-23-22(27(28,29)30)6-3-11-35(23)26(36)37/h3,6-16,18,24H,2,4-5H2,1H3/t24-/m0/s1.